The maximum Gasteiger partial charge on any atom is 0.410 e. The van der Waals surface area contributed by atoms with Crippen molar-refractivity contribution in [2.45, 2.75) is 51.8 Å². The van der Waals surface area contributed by atoms with Crippen molar-refractivity contribution in [3.63, 3.8) is 0 Å². The fourth-order valence-electron chi connectivity index (χ4n) is 2.78. The Morgan fingerprint density at radius 1 is 1.45 bits per heavy atom. The van der Waals surface area contributed by atoms with Gasteiger partial charge in [-0.15, -0.1) is 0 Å². The van der Waals surface area contributed by atoms with Crippen LogP contribution in [-0.4, -0.2) is 52.7 Å². The molecular formula is C17H27N3O2. The molecule has 5 nitrogen and oxygen atoms in total. The van der Waals surface area contributed by atoms with E-state index in [0.29, 0.717) is 0 Å². The molecule has 2 heterocycles. The van der Waals surface area contributed by atoms with Crippen molar-refractivity contribution >= 4 is 6.09 Å². The molecule has 0 N–H and O–H groups in total. The third-order valence-corrected chi connectivity index (χ3v) is 3.69. The molecule has 0 bridgehead atoms. The predicted octanol–water partition coefficient (Wildman–Crippen LogP) is 2.91. The Bertz CT molecular complexity index is 484. The van der Waals surface area contributed by atoms with Crippen molar-refractivity contribution in [3.8, 4) is 0 Å². The van der Waals surface area contributed by atoms with Gasteiger partial charge in [-0.05, 0) is 52.8 Å². The summed E-state index contributed by atoms with van der Waals surface area (Å²) in [7, 11) is 2.07. The molecule has 0 spiro atoms. The topological polar surface area (TPSA) is 45.7 Å². The number of likely N-dealkylation sites (N-methyl/N-ethyl adjacent to an activating group) is 1. The van der Waals surface area contributed by atoms with Crippen LogP contribution in [0.2, 0.25) is 0 Å². The number of amides is 1. The summed E-state index contributed by atoms with van der Waals surface area (Å²) in [5, 5.41) is 0. The highest BCUT2D eigenvalue weighted by atomic mass is 16.6. The van der Waals surface area contributed by atoms with Crippen LogP contribution in [0.3, 0.4) is 0 Å². The summed E-state index contributed by atoms with van der Waals surface area (Å²) < 4.78 is 5.51. The first-order valence-corrected chi connectivity index (χ1v) is 7.93. The van der Waals surface area contributed by atoms with Gasteiger partial charge in [0.25, 0.3) is 0 Å². The summed E-state index contributed by atoms with van der Waals surface area (Å²) in [6, 6.07) is 6.17. The Kier molecular flexibility index (Phi) is 5.40. The zero-order valence-corrected chi connectivity index (χ0v) is 14.1. The van der Waals surface area contributed by atoms with Crippen molar-refractivity contribution in [1.82, 2.24) is 14.8 Å². The molecule has 1 saturated heterocycles. The quantitative estimate of drug-likeness (QED) is 0.858. The second-order valence-electron chi connectivity index (χ2n) is 6.99. The van der Waals surface area contributed by atoms with Gasteiger partial charge in [0.2, 0.25) is 0 Å². The van der Waals surface area contributed by atoms with Gasteiger partial charge in [0.05, 0.1) is 5.69 Å². The summed E-state index contributed by atoms with van der Waals surface area (Å²) >= 11 is 0. The number of likely N-dealkylation sites (tertiary alicyclic amines) is 1. The van der Waals surface area contributed by atoms with Crippen molar-refractivity contribution in [2.24, 2.45) is 0 Å². The molecule has 2 rings (SSSR count). The summed E-state index contributed by atoms with van der Waals surface area (Å²) in [6.07, 6.45) is 3.69. The highest BCUT2D eigenvalue weighted by Crippen LogP contribution is 2.21. The number of ether oxygens (including phenoxy) is 1. The van der Waals surface area contributed by atoms with Crippen LogP contribution in [0.5, 0.6) is 0 Å². The Morgan fingerprint density at radius 2 is 2.23 bits per heavy atom. The van der Waals surface area contributed by atoms with Crippen LogP contribution in [0.1, 0.15) is 39.3 Å². The molecule has 1 amide bonds. The molecule has 0 unspecified atom stereocenters. The number of rotatable bonds is 4. The SMILES string of the molecule is CN(Cc1ccccn1)C[C@H]1CCCN1C(=O)OC(C)(C)C. The molecule has 5 heteroatoms. The number of aromatic nitrogens is 1. The van der Waals surface area contributed by atoms with Crippen molar-refractivity contribution in [2.75, 3.05) is 20.1 Å². The minimum Gasteiger partial charge on any atom is -0.444 e. The third kappa shape index (κ3) is 4.98. The van der Waals surface area contributed by atoms with Gasteiger partial charge in [-0.25, -0.2) is 4.79 Å². The van der Waals surface area contributed by atoms with E-state index in [0.717, 1.165) is 38.2 Å². The van der Waals surface area contributed by atoms with Crippen molar-refractivity contribution in [3.05, 3.63) is 30.1 Å². The number of pyridine rings is 1. The lowest BCUT2D eigenvalue weighted by Crippen LogP contribution is -2.44. The summed E-state index contributed by atoms with van der Waals surface area (Å²) in [5.74, 6) is 0. The minimum absolute atomic E-state index is 0.193. The molecule has 122 valence electrons. The monoisotopic (exact) mass is 305 g/mol. The van der Waals surface area contributed by atoms with E-state index in [1.165, 1.54) is 0 Å². The molecule has 1 aliphatic heterocycles. The van der Waals surface area contributed by atoms with E-state index in [2.05, 4.69) is 16.9 Å². The number of carbonyl (C=O) groups excluding carboxylic acids is 1. The average molecular weight is 305 g/mol. The molecule has 0 aromatic carbocycles. The minimum atomic E-state index is -0.440. The van der Waals surface area contributed by atoms with Gasteiger partial charge in [0, 0.05) is 31.9 Å². The second-order valence-corrected chi connectivity index (χ2v) is 6.99. The molecule has 22 heavy (non-hydrogen) atoms. The Labute approximate surface area is 133 Å². The highest BCUT2D eigenvalue weighted by Gasteiger charge is 2.32. The van der Waals surface area contributed by atoms with E-state index in [1.807, 2.05) is 50.1 Å². The standard InChI is InChI=1S/C17H27N3O2/c1-17(2,3)22-16(21)20-11-7-9-15(20)13-19(4)12-14-8-5-6-10-18-14/h5-6,8,10,15H,7,9,11-13H2,1-4H3/t15-/m1/s1. The molecule has 1 aromatic heterocycles. The van der Waals surface area contributed by atoms with Gasteiger partial charge >= 0.3 is 6.09 Å². The predicted molar refractivity (Wildman–Crippen MR) is 86.5 cm³/mol. The smallest absolute Gasteiger partial charge is 0.410 e. The van der Waals surface area contributed by atoms with Crippen LogP contribution in [0.4, 0.5) is 4.79 Å². The Hall–Kier alpha value is -1.62. The van der Waals surface area contributed by atoms with Crippen LogP contribution < -0.4 is 0 Å². The fourth-order valence-corrected chi connectivity index (χ4v) is 2.78. The van der Waals surface area contributed by atoms with E-state index in [1.54, 1.807) is 0 Å². The Morgan fingerprint density at radius 3 is 2.86 bits per heavy atom. The highest BCUT2D eigenvalue weighted by molar-refractivity contribution is 5.69. The summed E-state index contributed by atoms with van der Waals surface area (Å²) in [5.41, 5.74) is 0.608. The van der Waals surface area contributed by atoms with E-state index >= 15 is 0 Å². The van der Waals surface area contributed by atoms with Gasteiger partial charge in [-0.1, -0.05) is 6.07 Å². The lowest BCUT2D eigenvalue weighted by Gasteiger charge is -2.30. The van der Waals surface area contributed by atoms with Crippen LogP contribution >= 0.6 is 0 Å². The summed E-state index contributed by atoms with van der Waals surface area (Å²) in [4.78, 5) is 20.7. The maximum absolute atomic E-state index is 12.3. The number of hydrogen-bond donors (Lipinski definition) is 0. The third-order valence-electron chi connectivity index (χ3n) is 3.69. The first-order valence-electron chi connectivity index (χ1n) is 7.93. The average Bonchev–Trinajstić information content (AvgIpc) is 2.86. The van der Waals surface area contributed by atoms with Crippen molar-refractivity contribution in [1.29, 1.82) is 0 Å². The van der Waals surface area contributed by atoms with Crippen LogP contribution in [0.25, 0.3) is 0 Å². The Balaban J connectivity index is 1.89. The van der Waals surface area contributed by atoms with Crippen molar-refractivity contribution < 1.29 is 9.53 Å². The molecular weight excluding hydrogens is 278 g/mol. The molecule has 0 aliphatic carbocycles. The molecule has 1 aliphatic rings. The lowest BCUT2D eigenvalue weighted by atomic mass is 10.2. The number of nitrogens with zero attached hydrogens (tertiary/aromatic N) is 3. The maximum atomic E-state index is 12.3. The lowest BCUT2D eigenvalue weighted by molar-refractivity contribution is 0.0201. The molecule has 1 aromatic rings. The van der Waals surface area contributed by atoms with Gasteiger partial charge in [0.1, 0.15) is 5.60 Å². The molecule has 0 saturated carbocycles. The van der Waals surface area contributed by atoms with Crippen LogP contribution in [0, 0.1) is 0 Å². The van der Waals surface area contributed by atoms with Gasteiger partial charge in [-0.3, -0.25) is 9.88 Å². The van der Waals surface area contributed by atoms with Gasteiger partial charge < -0.3 is 9.64 Å². The zero-order chi connectivity index (χ0) is 16.2. The zero-order valence-electron chi connectivity index (χ0n) is 14.1. The molecule has 1 fully saturated rings. The van der Waals surface area contributed by atoms with Crippen LogP contribution in [-0.2, 0) is 11.3 Å². The van der Waals surface area contributed by atoms with E-state index in [-0.39, 0.29) is 12.1 Å². The van der Waals surface area contributed by atoms with E-state index < -0.39 is 5.60 Å². The van der Waals surface area contributed by atoms with Crippen LogP contribution in [0.15, 0.2) is 24.4 Å². The van der Waals surface area contributed by atoms with E-state index in [9.17, 15) is 4.79 Å². The second kappa shape index (κ2) is 7.09. The molecule has 0 radical (unpaired) electrons. The number of carbonyl (C=O) groups is 1. The largest absolute Gasteiger partial charge is 0.444 e. The van der Waals surface area contributed by atoms with Gasteiger partial charge in [0.15, 0.2) is 0 Å². The normalized spacial score (nSPS) is 18.8. The first kappa shape index (κ1) is 16.7. The number of hydrogen-bond acceptors (Lipinski definition) is 4. The van der Waals surface area contributed by atoms with Gasteiger partial charge in [-0.2, -0.15) is 0 Å². The fraction of sp³-hybridized carbons (Fsp3) is 0.647. The van der Waals surface area contributed by atoms with E-state index in [4.69, 9.17) is 4.74 Å². The summed E-state index contributed by atoms with van der Waals surface area (Å²) in [6.45, 7) is 8.14. The molecule has 1 atom stereocenters. The first-order chi connectivity index (χ1) is 10.3.